The van der Waals surface area contributed by atoms with Gasteiger partial charge in [0, 0.05) is 13.0 Å². The Kier molecular flexibility index (Phi) is 16.6. The van der Waals surface area contributed by atoms with Gasteiger partial charge in [0.15, 0.2) is 0 Å². The third kappa shape index (κ3) is 12.5. The van der Waals surface area contributed by atoms with Gasteiger partial charge in [-0.1, -0.05) is 58.0 Å². The molecule has 1 aromatic rings. The van der Waals surface area contributed by atoms with Gasteiger partial charge >= 0.3 is 5.97 Å². The number of nitrogens with one attached hydrogen (secondary N) is 6. The van der Waals surface area contributed by atoms with Crippen LogP contribution in [0.4, 0.5) is 0 Å². The molecule has 17 nitrogen and oxygen atoms in total. The van der Waals surface area contributed by atoms with Crippen molar-refractivity contribution in [1.82, 2.24) is 36.8 Å². The van der Waals surface area contributed by atoms with Crippen LogP contribution in [0, 0.1) is 11.8 Å². The zero-order valence-electron chi connectivity index (χ0n) is 30.8. The fraction of sp³-hybridized carbons (Fsp3) is 0.639. The Morgan fingerprint density at radius 2 is 1.32 bits per heavy atom. The van der Waals surface area contributed by atoms with E-state index in [4.69, 9.17) is 0 Å². The zero-order valence-corrected chi connectivity index (χ0v) is 30.8. The van der Waals surface area contributed by atoms with Gasteiger partial charge in [-0.25, -0.2) is 4.79 Å². The van der Waals surface area contributed by atoms with E-state index in [9.17, 15) is 48.9 Å². The van der Waals surface area contributed by atoms with Gasteiger partial charge in [0.05, 0.1) is 19.3 Å². The van der Waals surface area contributed by atoms with Crippen molar-refractivity contribution in [2.75, 3.05) is 26.3 Å². The van der Waals surface area contributed by atoms with E-state index in [-0.39, 0.29) is 30.7 Å². The van der Waals surface area contributed by atoms with E-state index in [0.717, 1.165) is 6.42 Å². The average Bonchev–Trinajstić information content (AvgIpc) is 3.84. The highest BCUT2D eigenvalue weighted by atomic mass is 16.4. The van der Waals surface area contributed by atoms with E-state index in [0.29, 0.717) is 37.9 Å². The standard InChI is InChI=1S/C36H55N7O10/c1-20(2)16-24(31(47)42-29(21(3)4)36(52)53)38-30(46)25(17-22-10-6-5-7-11-22)39-32(48)26(18-44)40-33(49)27(19-45)41-34(50)28-13-9-15-43(28)35(51)23-12-8-14-37-23/h5-7,10-11,20-21,23-29,37,44-45H,8-9,12-19H2,1-4H3,(H,38,46)(H,39,48)(H,40,49)(H,41,50)(H,42,47)(H,52,53)/t23-,24-,25-,26-,27-,28-,29-/m0/s1. The van der Waals surface area contributed by atoms with Crippen molar-refractivity contribution >= 4 is 41.4 Å². The van der Waals surface area contributed by atoms with Crippen LogP contribution >= 0.6 is 0 Å². The van der Waals surface area contributed by atoms with E-state index < -0.39 is 90.9 Å². The predicted molar refractivity (Wildman–Crippen MR) is 192 cm³/mol. The van der Waals surface area contributed by atoms with Crippen LogP contribution in [0.1, 0.15) is 65.4 Å². The molecule has 2 saturated heterocycles. The summed E-state index contributed by atoms with van der Waals surface area (Å²) < 4.78 is 0. The summed E-state index contributed by atoms with van der Waals surface area (Å²) in [5, 5.41) is 45.2. The lowest BCUT2D eigenvalue weighted by Crippen LogP contribution is -2.61. The minimum absolute atomic E-state index is 0.0490. The summed E-state index contributed by atoms with van der Waals surface area (Å²) in [6.07, 6.45) is 2.56. The molecule has 0 saturated carbocycles. The number of amides is 6. The Hall–Kier alpha value is -4.61. The second kappa shape index (κ2) is 20.6. The van der Waals surface area contributed by atoms with Crippen LogP contribution in [-0.4, -0.2) is 130 Å². The number of carboxylic acids is 1. The van der Waals surface area contributed by atoms with Crippen molar-refractivity contribution in [3.8, 4) is 0 Å². The first-order valence-electron chi connectivity index (χ1n) is 18.2. The van der Waals surface area contributed by atoms with Gasteiger partial charge < -0.3 is 52.1 Å². The Morgan fingerprint density at radius 3 is 1.87 bits per heavy atom. The molecule has 3 rings (SSSR count). The molecular weight excluding hydrogens is 690 g/mol. The molecule has 17 heteroatoms. The van der Waals surface area contributed by atoms with E-state index in [1.165, 1.54) is 4.90 Å². The number of carbonyl (C=O) groups is 7. The second-order valence-corrected chi connectivity index (χ2v) is 14.3. The summed E-state index contributed by atoms with van der Waals surface area (Å²) in [7, 11) is 0. The van der Waals surface area contributed by atoms with Gasteiger partial charge in [0.2, 0.25) is 35.4 Å². The highest BCUT2D eigenvalue weighted by Crippen LogP contribution is 2.21. The lowest BCUT2D eigenvalue weighted by Gasteiger charge is -2.28. The quantitative estimate of drug-likeness (QED) is 0.0761. The molecule has 7 atom stereocenters. The first-order valence-corrected chi connectivity index (χ1v) is 18.2. The molecule has 0 aromatic heterocycles. The van der Waals surface area contributed by atoms with Gasteiger partial charge in [0.1, 0.15) is 36.3 Å². The lowest BCUT2D eigenvalue weighted by atomic mass is 9.99. The molecule has 9 N–H and O–H groups in total. The molecule has 2 fully saturated rings. The predicted octanol–water partition coefficient (Wildman–Crippen LogP) is -1.83. The summed E-state index contributed by atoms with van der Waals surface area (Å²) in [6.45, 7) is 6.23. The number of benzene rings is 1. The molecule has 1 aromatic carbocycles. The summed E-state index contributed by atoms with van der Waals surface area (Å²) >= 11 is 0. The number of carbonyl (C=O) groups excluding carboxylic acids is 6. The summed E-state index contributed by atoms with van der Waals surface area (Å²) in [5.74, 6) is -6.05. The number of carboxylic acid groups (broad SMARTS) is 1. The van der Waals surface area contributed by atoms with Crippen LogP contribution in [0.2, 0.25) is 0 Å². The third-order valence-corrected chi connectivity index (χ3v) is 9.31. The fourth-order valence-electron chi connectivity index (χ4n) is 6.40. The van der Waals surface area contributed by atoms with Crippen molar-refractivity contribution < 1.29 is 48.9 Å². The van der Waals surface area contributed by atoms with Gasteiger partial charge in [-0.2, -0.15) is 0 Å². The third-order valence-electron chi connectivity index (χ3n) is 9.31. The number of aliphatic carboxylic acids is 1. The van der Waals surface area contributed by atoms with E-state index in [1.807, 2.05) is 13.8 Å². The van der Waals surface area contributed by atoms with E-state index >= 15 is 0 Å². The van der Waals surface area contributed by atoms with Gasteiger partial charge in [-0.05, 0) is 56.0 Å². The highest BCUT2D eigenvalue weighted by Gasteiger charge is 2.39. The number of aliphatic hydroxyl groups excluding tert-OH is 2. The van der Waals surface area contributed by atoms with Crippen LogP contribution in [0.3, 0.4) is 0 Å². The first-order chi connectivity index (χ1) is 25.2. The van der Waals surface area contributed by atoms with Crippen LogP contribution < -0.4 is 31.9 Å². The average molecular weight is 746 g/mol. The van der Waals surface area contributed by atoms with Crippen LogP contribution in [0.15, 0.2) is 30.3 Å². The molecule has 53 heavy (non-hydrogen) atoms. The number of nitrogens with zero attached hydrogens (tertiary/aromatic N) is 1. The van der Waals surface area contributed by atoms with E-state index in [1.54, 1.807) is 44.2 Å². The Bertz CT molecular complexity index is 1440. The molecule has 2 aliphatic heterocycles. The van der Waals surface area contributed by atoms with Gasteiger partial charge in [-0.15, -0.1) is 0 Å². The highest BCUT2D eigenvalue weighted by molar-refractivity contribution is 5.97. The Morgan fingerprint density at radius 1 is 0.755 bits per heavy atom. The summed E-state index contributed by atoms with van der Waals surface area (Å²) in [4.78, 5) is 93.1. The molecule has 0 spiro atoms. The second-order valence-electron chi connectivity index (χ2n) is 14.3. The molecule has 0 bridgehead atoms. The number of likely N-dealkylation sites (tertiary alicyclic amines) is 1. The molecular formula is C36H55N7O10. The number of aliphatic hydroxyl groups is 2. The van der Waals surface area contributed by atoms with Crippen LogP contribution in [-0.2, 0) is 40.0 Å². The molecule has 0 aliphatic carbocycles. The normalized spacial score (nSPS) is 19.8. The van der Waals surface area contributed by atoms with Crippen molar-refractivity contribution in [1.29, 1.82) is 0 Å². The zero-order chi connectivity index (χ0) is 39.2. The largest absolute Gasteiger partial charge is 0.480 e. The maximum absolute atomic E-state index is 13.7. The number of rotatable bonds is 19. The van der Waals surface area contributed by atoms with Gasteiger partial charge in [-0.3, -0.25) is 28.8 Å². The summed E-state index contributed by atoms with van der Waals surface area (Å²) in [6, 6.07) is 0.611. The molecule has 2 heterocycles. The Labute approximate surface area is 309 Å². The molecule has 0 radical (unpaired) electrons. The van der Waals surface area contributed by atoms with Crippen molar-refractivity contribution in [3.05, 3.63) is 35.9 Å². The SMILES string of the molecule is CC(C)C[C@H](NC(=O)[C@H](Cc1ccccc1)NC(=O)[C@H](CO)NC(=O)[C@H](CO)NC(=O)[C@@H]1CCCN1C(=O)[C@@H]1CCCN1)C(=O)N[C@H](C(=O)O)C(C)C. The molecule has 6 amide bonds. The van der Waals surface area contributed by atoms with Gasteiger partial charge in [0.25, 0.3) is 0 Å². The molecule has 2 aliphatic rings. The van der Waals surface area contributed by atoms with Crippen LogP contribution in [0.5, 0.6) is 0 Å². The van der Waals surface area contributed by atoms with Crippen LogP contribution in [0.25, 0.3) is 0 Å². The monoisotopic (exact) mass is 745 g/mol. The summed E-state index contributed by atoms with van der Waals surface area (Å²) in [5.41, 5.74) is 0.638. The Balaban J connectivity index is 1.72. The lowest BCUT2D eigenvalue weighted by molar-refractivity contribution is -0.143. The first kappa shape index (κ1) is 42.8. The van der Waals surface area contributed by atoms with Crippen molar-refractivity contribution in [3.63, 3.8) is 0 Å². The van der Waals surface area contributed by atoms with E-state index in [2.05, 4.69) is 31.9 Å². The minimum Gasteiger partial charge on any atom is -0.480 e. The molecule has 294 valence electrons. The minimum atomic E-state index is -1.62. The van der Waals surface area contributed by atoms with Crippen molar-refractivity contribution in [2.24, 2.45) is 11.8 Å². The topological polar surface area (TPSA) is 256 Å². The smallest absolute Gasteiger partial charge is 0.326 e. The maximum atomic E-state index is 13.7. The fourth-order valence-corrected chi connectivity index (χ4v) is 6.40. The molecule has 0 unspecified atom stereocenters. The maximum Gasteiger partial charge on any atom is 0.326 e. The number of hydrogen-bond acceptors (Lipinski definition) is 10. The van der Waals surface area contributed by atoms with Crippen molar-refractivity contribution in [2.45, 2.75) is 109 Å². The number of hydrogen-bond donors (Lipinski definition) is 9.